The van der Waals surface area contributed by atoms with Gasteiger partial charge in [-0.1, -0.05) is 24.3 Å². The van der Waals surface area contributed by atoms with Gasteiger partial charge in [0.1, 0.15) is 11.5 Å². The lowest BCUT2D eigenvalue weighted by atomic mass is 10.1. The molecule has 2 N–H and O–H groups in total. The lowest BCUT2D eigenvalue weighted by Gasteiger charge is -2.10. The van der Waals surface area contributed by atoms with Crippen molar-refractivity contribution in [3.05, 3.63) is 59.2 Å². The van der Waals surface area contributed by atoms with Gasteiger partial charge in [-0.2, -0.15) is 5.10 Å². The second-order valence-electron chi connectivity index (χ2n) is 5.24. The molecule has 5 heteroatoms. The largest absolute Gasteiger partial charge is 0.507 e. The molecule has 1 amide bonds. The van der Waals surface area contributed by atoms with E-state index in [0.29, 0.717) is 17.0 Å². The first-order valence-corrected chi connectivity index (χ1v) is 7.29. The van der Waals surface area contributed by atoms with Gasteiger partial charge in [-0.25, -0.2) is 5.43 Å². The SMILES string of the molecule is C/C(=N\NC(=O)COc1cccc(C)c1C)c1ccccc1O. The minimum atomic E-state index is -0.360. The average Bonchev–Trinajstić information content (AvgIpc) is 2.54. The van der Waals surface area contributed by atoms with Gasteiger partial charge in [0.15, 0.2) is 6.61 Å². The lowest BCUT2D eigenvalue weighted by molar-refractivity contribution is -0.123. The Morgan fingerprint density at radius 2 is 1.91 bits per heavy atom. The Hall–Kier alpha value is -2.82. The molecule has 0 heterocycles. The van der Waals surface area contributed by atoms with Crippen LogP contribution < -0.4 is 10.2 Å². The zero-order valence-corrected chi connectivity index (χ0v) is 13.5. The van der Waals surface area contributed by atoms with Gasteiger partial charge in [0.25, 0.3) is 5.91 Å². The van der Waals surface area contributed by atoms with E-state index >= 15 is 0 Å². The third-order valence-corrected chi connectivity index (χ3v) is 3.56. The monoisotopic (exact) mass is 312 g/mol. The highest BCUT2D eigenvalue weighted by Gasteiger charge is 2.07. The normalized spacial score (nSPS) is 11.2. The summed E-state index contributed by atoms with van der Waals surface area (Å²) >= 11 is 0. The predicted molar refractivity (Wildman–Crippen MR) is 89.9 cm³/mol. The third kappa shape index (κ3) is 4.32. The third-order valence-electron chi connectivity index (χ3n) is 3.56. The van der Waals surface area contributed by atoms with E-state index in [0.717, 1.165) is 11.1 Å². The zero-order valence-electron chi connectivity index (χ0n) is 13.5. The fraction of sp³-hybridized carbons (Fsp3) is 0.222. The molecule has 0 saturated heterocycles. The molecule has 0 atom stereocenters. The standard InChI is InChI=1S/C18H20N2O3/c1-12-7-6-10-17(13(12)2)23-11-18(22)20-19-14(3)15-8-4-5-9-16(15)21/h4-10,21H,11H2,1-3H3,(H,20,22)/b19-14+. The number of phenolic OH excluding ortho intramolecular Hbond substituents is 1. The van der Waals surface area contributed by atoms with Crippen LogP contribution in [0.1, 0.15) is 23.6 Å². The molecule has 0 unspecified atom stereocenters. The van der Waals surface area contributed by atoms with Crippen molar-refractivity contribution in [1.82, 2.24) is 5.43 Å². The number of carbonyl (C=O) groups is 1. The molecule has 2 rings (SSSR count). The molecular formula is C18H20N2O3. The van der Waals surface area contributed by atoms with Crippen LogP contribution in [0.5, 0.6) is 11.5 Å². The molecule has 2 aromatic carbocycles. The van der Waals surface area contributed by atoms with Crippen LogP contribution in [0.2, 0.25) is 0 Å². The van der Waals surface area contributed by atoms with Crippen LogP contribution in [0.3, 0.4) is 0 Å². The molecule has 0 aliphatic carbocycles. The Balaban J connectivity index is 1.94. The molecule has 0 bridgehead atoms. The lowest BCUT2D eigenvalue weighted by Crippen LogP contribution is -2.25. The Kier molecular flexibility index (Phi) is 5.36. The van der Waals surface area contributed by atoms with E-state index in [4.69, 9.17) is 4.74 Å². The van der Waals surface area contributed by atoms with Crippen molar-refractivity contribution < 1.29 is 14.6 Å². The average molecular weight is 312 g/mol. The maximum absolute atomic E-state index is 11.8. The number of aromatic hydroxyl groups is 1. The summed E-state index contributed by atoms with van der Waals surface area (Å²) < 4.78 is 5.51. The van der Waals surface area contributed by atoms with Gasteiger partial charge in [-0.3, -0.25) is 4.79 Å². The molecule has 23 heavy (non-hydrogen) atoms. The van der Waals surface area contributed by atoms with Crippen LogP contribution in [-0.2, 0) is 4.79 Å². The number of para-hydroxylation sites is 1. The number of nitrogens with one attached hydrogen (secondary N) is 1. The van der Waals surface area contributed by atoms with E-state index in [9.17, 15) is 9.90 Å². The Morgan fingerprint density at radius 3 is 2.65 bits per heavy atom. The maximum Gasteiger partial charge on any atom is 0.277 e. The summed E-state index contributed by atoms with van der Waals surface area (Å²) in [5.74, 6) is 0.442. The van der Waals surface area contributed by atoms with Crippen molar-refractivity contribution in [3.63, 3.8) is 0 Å². The van der Waals surface area contributed by atoms with E-state index in [1.165, 1.54) is 0 Å². The van der Waals surface area contributed by atoms with Gasteiger partial charge in [0.2, 0.25) is 0 Å². The molecule has 0 aliphatic rings. The van der Waals surface area contributed by atoms with Gasteiger partial charge in [0.05, 0.1) is 5.71 Å². The molecule has 0 aliphatic heterocycles. The number of hydrazone groups is 1. The molecule has 0 radical (unpaired) electrons. The summed E-state index contributed by atoms with van der Waals surface area (Å²) in [6.07, 6.45) is 0. The summed E-state index contributed by atoms with van der Waals surface area (Å²) in [6, 6.07) is 12.5. The van der Waals surface area contributed by atoms with Crippen LogP contribution in [-0.4, -0.2) is 23.3 Å². The number of ether oxygens (including phenoxy) is 1. The fourth-order valence-corrected chi connectivity index (χ4v) is 2.04. The van der Waals surface area contributed by atoms with Crippen LogP contribution in [0.25, 0.3) is 0 Å². The molecule has 0 aromatic heterocycles. The van der Waals surface area contributed by atoms with Gasteiger partial charge in [0, 0.05) is 5.56 Å². The molecule has 120 valence electrons. The molecule has 0 spiro atoms. The summed E-state index contributed by atoms with van der Waals surface area (Å²) in [6.45, 7) is 5.52. The minimum Gasteiger partial charge on any atom is -0.507 e. The number of benzene rings is 2. The fourth-order valence-electron chi connectivity index (χ4n) is 2.04. The van der Waals surface area contributed by atoms with Crippen LogP contribution in [0.15, 0.2) is 47.6 Å². The highest BCUT2D eigenvalue weighted by Crippen LogP contribution is 2.20. The first-order valence-electron chi connectivity index (χ1n) is 7.29. The summed E-state index contributed by atoms with van der Waals surface area (Å²) in [7, 11) is 0. The van der Waals surface area contributed by atoms with Gasteiger partial charge in [-0.05, 0) is 50.1 Å². The summed E-state index contributed by atoms with van der Waals surface area (Å²) in [5.41, 5.74) is 5.63. The van der Waals surface area contributed by atoms with Crippen molar-refractivity contribution in [2.75, 3.05) is 6.61 Å². The summed E-state index contributed by atoms with van der Waals surface area (Å²) in [4.78, 5) is 11.8. The smallest absolute Gasteiger partial charge is 0.277 e. The Bertz CT molecular complexity index is 739. The summed E-state index contributed by atoms with van der Waals surface area (Å²) in [5, 5.41) is 13.7. The van der Waals surface area contributed by atoms with Crippen molar-refractivity contribution >= 4 is 11.6 Å². The maximum atomic E-state index is 11.8. The number of hydrogen-bond donors (Lipinski definition) is 2. The van der Waals surface area contributed by atoms with Crippen LogP contribution in [0, 0.1) is 13.8 Å². The Labute approximate surface area is 135 Å². The number of hydrogen-bond acceptors (Lipinski definition) is 4. The molecule has 5 nitrogen and oxygen atoms in total. The number of amides is 1. The quantitative estimate of drug-likeness (QED) is 0.659. The van der Waals surface area contributed by atoms with Crippen molar-refractivity contribution in [2.45, 2.75) is 20.8 Å². The number of nitrogens with zero attached hydrogens (tertiary/aromatic N) is 1. The van der Waals surface area contributed by atoms with E-state index < -0.39 is 0 Å². The van der Waals surface area contributed by atoms with Crippen LogP contribution in [0.4, 0.5) is 0 Å². The predicted octanol–water partition coefficient (Wildman–Crippen LogP) is 2.93. The zero-order chi connectivity index (χ0) is 16.8. The number of rotatable bonds is 5. The minimum absolute atomic E-state index is 0.120. The van der Waals surface area contributed by atoms with Crippen molar-refractivity contribution in [3.8, 4) is 11.5 Å². The van der Waals surface area contributed by atoms with E-state index in [-0.39, 0.29) is 18.3 Å². The van der Waals surface area contributed by atoms with Crippen molar-refractivity contribution in [2.24, 2.45) is 5.10 Å². The first kappa shape index (κ1) is 16.5. The molecule has 0 fully saturated rings. The van der Waals surface area contributed by atoms with Gasteiger partial charge >= 0.3 is 0 Å². The van der Waals surface area contributed by atoms with Crippen LogP contribution >= 0.6 is 0 Å². The molecule has 2 aromatic rings. The van der Waals surface area contributed by atoms with Gasteiger partial charge in [-0.15, -0.1) is 0 Å². The first-order chi connectivity index (χ1) is 11.0. The van der Waals surface area contributed by atoms with E-state index in [1.54, 1.807) is 31.2 Å². The second kappa shape index (κ2) is 7.45. The molecular weight excluding hydrogens is 292 g/mol. The number of phenols is 1. The highest BCUT2D eigenvalue weighted by molar-refractivity contribution is 6.01. The topological polar surface area (TPSA) is 70.9 Å². The van der Waals surface area contributed by atoms with E-state index in [1.807, 2.05) is 32.0 Å². The highest BCUT2D eigenvalue weighted by atomic mass is 16.5. The number of aryl methyl sites for hydroxylation is 1. The molecule has 0 saturated carbocycles. The van der Waals surface area contributed by atoms with Crippen molar-refractivity contribution in [1.29, 1.82) is 0 Å². The second-order valence-corrected chi connectivity index (χ2v) is 5.24. The van der Waals surface area contributed by atoms with Gasteiger partial charge < -0.3 is 9.84 Å². The number of carbonyl (C=O) groups excluding carboxylic acids is 1. The van der Waals surface area contributed by atoms with E-state index in [2.05, 4.69) is 10.5 Å². The Morgan fingerprint density at radius 1 is 1.17 bits per heavy atom.